The van der Waals surface area contributed by atoms with Crippen molar-refractivity contribution in [3.8, 4) is 0 Å². The topological polar surface area (TPSA) is 55.9 Å². The smallest absolute Gasteiger partial charge is 0.0955 e. The molecule has 4 heteroatoms. The van der Waals surface area contributed by atoms with Crippen molar-refractivity contribution in [3.63, 3.8) is 0 Å². The Morgan fingerprint density at radius 1 is 1.40 bits per heavy atom. The van der Waals surface area contributed by atoms with Gasteiger partial charge in [0.2, 0.25) is 0 Å². The summed E-state index contributed by atoms with van der Waals surface area (Å²) in [6, 6.07) is 0.973. The van der Waals surface area contributed by atoms with Gasteiger partial charge in [0.1, 0.15) is 0 Å². The summed E-state index contributed by atoms with van der Waals surface area (Å²) >= 11 is 0. The van der Waals surface area contributed by atoms with Crippen LogP contribution >= 0.6 is 0 Å². The summed E-state index contributed by atoms with van der Waals surface area (Å²) in [4.78, 5) is 4.46. The van der Waals surface area contributed by atoms with Crippen molar-refractivity contribution in [2.75, 3.05) is 0 Å². The molecule has 1 fully saturated rings. The van der Waals surface area contributed by atoms with E-state index in [1.54, 1.807) is 0 Å². The van der Waals surface area contributed by atoms with Crippen LogP contribution in [-0.2, 0) is 13.1 Å². The van der Waals surface area contributed by atoms with E-state index in [0.29, 0.717) is 12.1 Å². The van der Waals surface area contributed by atoms with Crippen LogP contribution in [0.5, 0.6) is 0 Å². The first-order chi connectivity index (χ1) is 7.34. The van der Waals surface area contributed by atoms with Crippen molar-refractivity contribution < 1.29 is 0 Å². The zero-order valence-corrected chi connectivity index (χ0v) is 8.95. The highest BCUT2D eigenvalue weighted by atomic mass is 15.1. The van der Waals surface area contributed by atoms with Crippen molar-refractivity contribution >= 4 is 0 Å². The summed E-state index contributed by atoms with van der Waals surface area (Å²) in [6.07, 6.45) is 6.82. The van der Waals surface area contributed by atoms with E-state index < -0.39 is 0 Å². The third kappa shape index (κ3) is 1.58. The zero-order valence-electron chi connectivity index (χ0n) is 8.95. The first-order valence-electron chi connectivity index (χ1n) is 5.85. The molecule has 0 saturated heterocycles. The van der Waals surface area contributed by atoms with Gasteiger partial charge in [0.15, 0.2) is 0 Å². The van der Waals surface area contributed by atoms with Gasteiger partial charge in [-0.1, -0.05) is 0 Å². The molecule has 1 saturated carbocycles. The largest absolute Gasteiger partial charge is 0.330 e. The van der Waals surface area contributed by atoms with E-state index in [4.69, 9.17) is 5.73 Å². The maximum absolute atomic E-state index is 6.03. The van der Waals surface area contributed by atoms with Crippen LogP contribution in [0, 0.1) is 0 Å². The summed E-state index contributed by atoms with van der Waals surface area (Å²) in [6.45, 7) is 1.90. The molecule has 0 amide bonds. The van der Waals surface area contributed by atoms with Gasteiger partial charge in [0, 0.05) is 25.2 Å². The van der Waals surface area contributed by atoms with Crippen molar-refractivity contribution in [3.05, 3.63) is 17.7 Å². The number of imidazole rings is 1. The molecule has 82 valence electrons. The van der Waals surface area contributed by atoms with Crippen LogP contribution in [0.4, 0.5) is 0 Å². The lowest BCUT2D eigenvalue weighted by molar-refractivity contribution is 0.314. The molecule has 1 aliphatic carbocycles. The number of fused-ring (bicyclic) bond motifs is 1. The molecule has 3 rings (SSSR count). The number of hydrogen-bond donors (Lipinski definition) is 2. The molecule has 4 nitrogen and oxygen atoms in total. The number of aromatic nitrogens is 2. The molecule has 0 spiro atoms. The Balaban J connectivity index is 1.85. The van der Waals surface area contributed by atoms with E-state index in [9.17, 15) is 0 Å². The summed E-state index contributed by atoms with van der Waals surface area (Å²) < 4.78 is 2.36. The van der Waals surface area contributed by atoms with Crippen molar-refractivity contribution in [1.82, 2.24) is 14.9 Å². The quantitative estimate of drug-likeness (QED) is 0.718. The van der Waals surface area contributed by atoms with E-state index in [-0.39, 0.29) is 0 Å². The third-order valence-electron chi connectivity index (χ3n) is 3.65. The lowest BCUT2D eigenvalue weighted by Gasteiger charge is -2.28. The van der Waals surface area contributed by atoms with E-state index in [1.165, 1.54) is 30.7 Å². The minimum Gasteiger partial charge on any atom is -0.330 e. The molecule has 3 N–H and O–H groups in total. The first kappa shape index (κ1) is 9.36. The fourth-order valence-corrected chi connectivity index (χ4v) is 2.83. The second-order valence-electron chi connectivity index (χ2n) is 4.73. The molecule has 2 heterocycles. The van der Waals surface area contributed by atoms with Crippen LogP contribution in [0.15, 0.2) is 6.33 Å². The Bertz CT molecular complexity index is 357. The minimum atomic E-state index is 0.385. The second-order valence-corrected chi connectivity index (χ2v) is 4.73. The van der Waals surface area contributed by atoms with Crippen molar-refractivity contribution in [1.29, 1.82) is 0 Å². The minimum absolute atomic E-state index is 0.385. The first-order valence-corrected chi connectivity index (χ1v) is 5.85. The van der Waals surface area contributed by atoms with Crippen LogP contribution in [0.25, 0.3) is 0 Å². The number of nitrogens with zero attached hydrogens (tertiary/aromatic N) is 2. The summed E-state index contributed by atoms with van der Waals surface area (Å²) in [5.41, 5.74) is 8.64. The van der Waals surface area contributed by atoms with Gasteiger partial charge in [0.05, 0.1) is 17.7 Å². The van der Waals surface area contributed by atoms with Gasteiger partial charge in [-0.2, -0.15) is 0 Å². The lowest BCUT2D eigenvalue weighted by Crippen LogP contribution is -2.29. The predicted octanol–water partition coefficient (Wildman–Crippen LogP) is 0.929. The zero-order chi connectivity index (χ0) is 10.3. The predicted molar refractivity (Wildman–Crippen MR) is 58.3 cm³/mol. The van der Waals surface area contributed by atoms with Crippen molar-refractivity contribution in [2.24, 2.45) is 5.73 Å². The maximum atomic E-state index is 6.03. The van der Waals surface area contributed by atoms with Crippen LogP contribution in [0.2, 0.25) is 0 Å². The molecular formula is C11H18N4. The molecule has 2 unspecified atom stereocenters. The van der Waals surface area contributed by atoms with Crippen LogP contribution in [0.1, 0.15) is 43.1 Å². The molecule has 2 aliphatic rings. The molecule has 1 aromatic rings. The fraction of sp³-hybridized carbons (Fsp3) is 0.727. The summed E-state index contributed by atoms with van der Waals surface area (Å²) in [5, 5.41) is 3.34. The summed E-state index contributed by atoms with van der Waals surface area (Å²) in [7, 11) is 0. The highest BCUT2D eigenvalue weighted by molar-refractivity contribution is 5.18. The van der Waals surface area contributed by atoms with Crippen LogP contribution in [0.3, 0.4) is 0 Å². The normalized spacial score (nSPS) is 30.5. The van der Waals surface area contributed by atoms with E-state index in [0.717, 1.165) is 19.5 Å². The Labute approximate surface area is 89.9 Å². The van der Waals surface area contributed by atoms with Gasteiger partial charge >= 0.3 is 0 Å². The van der Waals surface area contributed by atoms with Gasteiger partial charge < -0.3 is 15.6 Å². The third-order valence-corrected chi connectivity index (χ3v) is 3.65. The van der Waals surface area contributed by atoms with Crippen molar-refractivity contribution in [2.45, 2.75) is 50.9 Å². The van der Waals surface area contributed by atoms with E-state index in [1.807, 2.05) is 6.33 Å². The molecule has 0 radical (unpaired) electrons. The van der Waals surface area contributed by atoms with Gasteiger partial charge in [-0.15, -0.1) is 0 Å². The number of rotatable bonds is 1. The number of hydrogen-bond acceptors (Lipinski definition) is 3. The SMILES string of the molecule is NC1CCCC(n2cnc3c2CNC3)C1. The number of nitrogens with two attached hydrogens (primary N) is 1. The maximum Gasteiger partial charge on any atom is 0.0955 e. The number of nitrogens with one attached hydrogen (secondary N) is 1. The Kier molecular flexibility index (Phi) is 2.25. The van der Waals surface area contributed by atoms with Crippen LogP contribution < -0.4 is 11.1 Å². The molecular weight excluding hydrogens is 188 g/mol. The molecule has 15 heavy (non-hydrogen) atoms. The highest BCUT2D eigenvalue weighted by Gasteiger charge is 2.25. The monoisotopic (exact) mass is 206 g/mol. The van der Waals surface area contributed by atoms with E-state index in [2.05, 4.69) is 14.9 Å². The van der Waals surface area contributed by atoms with Gasteiger partial charge in [0.25, 0.3) is 0 Å². The Hall–Kier alpha value is -0.870. The van der Waals surface area contributed by atoms with Gasteiger partial charge in [-0.3, -0.25) is 0 Å². The molecule has 0 aromatic carbocycles. The van der Waals surface area contributed by atoms with Gasteiger partial charge in [-0.25, -0.2) is 4.98 Å². The highest BCUT2D eigenvalue weighted by Crippen LogP contribution is 2.30. The Morgan fingerprint density at radius 3 is 3.20 bits per heavy atom. The standard InChI is InChI=1S/C11H18N4/c12-8-2-1-3-9(4-8)15-7-14-10-5-13-6-11(10)15/h7-9,13H,1-6,12H2. The summed E-state index contributed by atoms with van der Waals surface area (Å²) in [5.74, 6) is 0. The average molecular weight is 206 g/mol. The van der Waals surface area contributed by atoms with Crippen LogP contribution in [-0.4, -0.2) is 15.6 Å². The van der Waals surface area contributed by atoms with E-state index >= 15 is 0 Å². The molecule has 2 atom stereocenters. The Morgan fingerprint density at radius 2 is 2.33 bits per heavy atom. The van der Waals surface area contributed by atoms with Gasteiger partial charge in [-0.05, 0) is 25.7 Å². The average Bonchev–Trinajstić information content (AvgIpc) is 2.77. The molecule has 1 aromatic heterocycles. The molecule has 0 bridgehead atoms. The fourth-order valence-electron chi connectivity index (χ4n) is 2.83. The lowest BCUT2D eigenvalue weighted by atomic mass is 9.91. The molecule has 1 aliphatic heterocycles. The second kappa shape index (κ2) is 3.61.